The molecule has 140 valence electrons. The molecule has 2 aromatic heterocycles. The number of hydrazine groups is 1. The quantitative estimate of drug-likeness (QED) is 0.460. The molecule has 2 heterocycles. The van der Waals surface area contributed by atoms with Crippen LogP contribution in [0.1, 0.15) is 35.0 Å². The lowest BCUT2D eigenvalue weighted by Gasteiger charge is -2.11. The zero-order valence-corrected chi connectivity index (χ0v) is 16.2. The van der Waals surface area contributed by atoms with E-state index in [4.69, 9.17) is 0 Å². The first-order valence-electron chi connectivity index (χ1n) is 8.89. The zero-order chi connectivity index (χ0) is 19.2. The Bertz CT molecular complexity index is 968. The van der Waals surface area contributed by atoms with Crippen LogP contribution in [0.4, 0.5) is 4.79 Å². The van der Waals surface area contributed by atoms with Crippen LogP contribution in [0.3, 0.4) is 0 Å². The number of unbranched alkanes of at least 4 members (excludes halogenated alkanes) is 1. The number of benzene rings is 1. The molecule has 27 heavy (non-hydrogen) atoms. The Labute approximate surface area is 162 Å². The molecule has 3 aromatic rings. The maximum absolute atomic E-state index is 12.7. The van der Waals surface area contributed by atoms with Crippen molar-refractivity contribution >= 4 is 34.2 Å². The van der Waals surface area contributed by atoms with Gasteiger partial charge in [-0.15, -0.1) is 11.3 Å². The average Bonchev–Trinajstić information content (AvgIpc) is 3.12. The predicted molar refractivity (Wildman–Crippen MR) is 109 cm³/mol. The fourth-order valence-electron chi connectivity index (χ4n) is 2.67. The van der Waals surface area contributed by atoms with Crippen molar-refractivity contribution in [3.8, 4) is 10.6 Å². The molecule has 3 rings (SSSR count). The van der Waals surface area contributed by atoms with Crippen molar-refractivity contribution in [2.24, 2.45) is 0 Å². The average molecular weight is 382 g/mol. The number of fused-ring (bicyclic) bond motifs is 1. The van der Waals surface area contributed by atoms with Crippen LogP contribution in [0, 0.1) is 6.92 Å². The van der Waals surface area contributed by atoms with Gasteiger partial charge in [0.2, 0.25) is 0 Å². The lowest BCUT2D eigenvalue weighted by atomic mass is 10.1. The Balaban J connectivity index is 1.84. The SMILES string of the molecule is CCCCNC(=O)NNC(=O)c1cc(-c2ccc(C)s2)nc2ccccc12. The first-order valence-corrected chi connectivity index (χ1v) is 9.71. The highest BCUT2D eigenvalue weighted by molar-refractivity contribution is 7.15. The van der Waals surface area contributed by atoms with Crippen molar-refractivity contribution < 1.29 is 9.59 Å². The van der Waals surface area contributed by atoms with Gasteiger partial charge in [0.25, 0.3) is 5.91 Å². The first kappa shape index (κ1) is 18.8. The van der Waals surface area contributed by atoms with Gasteiger partial charge in [0.1, 0.15) is 0 Å². The molecule has 0 bridgehead atoms. The fourth-order valence-corrected chi connectivity index (χ4v) is 3.49. The fraction of sp³-hybridized carbons (Fsp3) is 0.250. The number of carbonyl (C=O) groups excluding carboxylic acids is 2. The summed E-state index contributed by atoms with van der Waals surface area (Å²) in [5.41, 5.74) is 6.82. The van der Waals surface area contributed by atoms with Crippen LogP contribution >= 0.6 is 11.3 Å². The predicted octanol–water partition coefficient (Wildman–Crippen LogP) is 4.02. The number of aromatic nitrogens is 1. The van der Waals surface area contributed by atoms with Gasteiger partial charge >= 0.3 is 6.03 Å². The highest BCUT2D eigenvalue weighted by Gasteiger charge is 2.15. The molecule has 0 aliphatic rings. The van der Waals surface area contributed by atoms with Crippen LogP contribution in [0.5, 0.6) is 0 Å². The second-order valence-electron chi connectivity index (χ2n) is 6.17. The molecule has 0 spiro atoms. The number of nitrogens with one attached hydrogen (secondary N) is 3. The van der Waals surface area contributed by atoms with Crippen LogP contribution in [-0.4, -0.2) is 23.5 Å². The van der Waals surface area contributed by atoms with E-state index in [0.717, 1.165) is 34.3 Å². The Hall–Kier alpha value is -2.93. The van der Waals surface area contributed by atoms with E-state index in [1.807, 2.05) is 50.2 Å². The van der Waals surface area contributed by atoms with Gasteiger partial charge in [-0.25, -0.2) is 15.2 Å². The van der Waals surface area contributed by atoms with Gasteiger partial charge < -0.3 is 5.32 Å². The van der Waals surface area contributed by atoms with Crippen molar-refractivity contribution in [3.63, 3.8) is 0 Å². The van der Waals surface area contributed by atoms with E-state index in [-0.39, 0.29) is 5.91 Å². The molecule has 0 radical (unpaired) electrons. The number of amides is 3. The van der Waals surface area contributed by atoms with Gasteiger partial charge in [0.15, 0.2) is 0 Å². The van der Waals surface area contributed by atoms with Crippen molar-refractivity contribution in [2.45, 2.75) is 26.7 Å². The van der Waals surface area contributed by atoms with Gasteiger partial charge in [0.05, 0.1) is 21.7 Å². The summed E-state index contributed by atoms with van der Waals surface area (Å²) in [5.74, 6) is -0.381. The number of carbonyl (C=O) groups is 2. The lowest BCUT2D eigenvalue weighted by molar-refractivity contribution is 0.0938. The van der Waals surface area contributed by atoms with E-state index < -0.39 is 6.03 Å². The minimum Gasteiger partial charge on any atom is -0.337 e. The van der Waals surface area contributed by atoms with Crippen LogP contribution in [0.15, 0.2) is 42.5 Å². The molecular formula is C20H22N4O2S. The number of urea groups is 1. The van der Waals surface area contributed by atoms with Gasteiger partial charge in [-0.2, -0.15) is 0 Å². The maximum Gasteiger partial charge on any atom is 0.333 e. The lowest BCUT2D eigenvalue weighted by Crippen LogP contribution is -2.47. The highest BCUT2D eigenvalue weighted by atomic mass is 32.1. The van der Waals surface area contributed by atoms with Crippen molar-refractivity contribution in [3.05, 3.63) is 52.9 Å². The monoisotopic (exact) mass is 382 g/mol. The normalized spacial score (nSPS) is 10.6. The first-order chi connectivity index (χ1) is 13.1. The Morgan fingerprint density at radius 1 is 1.11 bits per heavy atom. The highest BCUT2D eigenvalue weighted by Crippen LogP contribution is 2.29. The van der Waals surface area contributed by atoms with Crippen LogP contribution in [-0.2, 0) is 0 Å². The smallest absolute Gasteiger partial charge is 0.333 e. The summed E-state index contributed by atoms with van der Waals surface area (Å²) in [5, 5.41) is 3.43. The number of para-hydroxylation sites is 1. The molecule has 0 aliphatic carbocycles. The third-order valence-corrected chi connectivity index (χ3v) is 5.08. The Morgan fingerprint density at radius 2 is 1.93 bits per heavy atom. The second kappa shape index (κ2) is 8.64. The number of hydrogen-bond donors (Lipinski definition) is 3. The largest absolute Gasteiger partial charge is 0.337 e. The van der Waals surface area contributed by atoms with Crippen molar-refractivity contribution in [1.82, 2.24) is 21.2 Å². The van der Waals surface area contributed by atoms with E-state index in [1.165, 1.54) is 4.88 Å². The van der Waals surface area contributed by atoms with E-state index >= 15 is 0 Å². The van der Waals surface area contributed by atoms with Gasteiger partial charge in [-0.3, -0.25) is 10.2 Å². The topological polar surface area (TPSA) is 83.1 Å². The minimum absolute atomic E-state index is 0.381. The summed E-state index contributed by atoms with van der Waals surface area (Å²) in [6.07, 6.45) is 1.88. The third kappa shape index (κ3) is 4.62. The van der Waals surface area contributed by atoms with Gasteiger partial charge in [-0.05, 0) is 37.6 Å². The summed E-state index contributed by atoms with van der Waals surface area (Å²) in [6.45, 7) is 4.64. The minimum atomic E-state index is -0.427. The maximum atomic E-state index is 12.7. The van der Waals surface area contributed by atoms with E-state index in [1.54, 1.807) is 17.4 Å². The van der Waals surface area contributed by atoms with Crippen LogP contribution in [0.25, 0.3) is 21.5 Å². The second-order valence-corrected chi connectivity index (χ2v) is 7.46. The number of hydrogen-bond acceptors (Lipinski definition) is 4. The van der Waals surface area contributed by atoms with Crippen LogP contribution in [0.2, 0.25) is 0 Å². The molecule has 3 N–H and O–H groups in total. The number of aryl methyl sites for hydroxylation is 1. The Kier molecular flexibility index (Phi) is 6.03. The standard InChI is InChI=1S/C20H22N4O2S/c1-3-4-11-21-20(26)24-23-19(25)15-12-17(18-10-9-13(2)27-18)22-16-8-6-5-7-14(15)16/h5-10,12H,3-4,11H2,1-2H3,(H,23,25)(H2,21,24,26). The summed E-state index contributed by atoms with van der Waals surface area (Å²) >= 11 is 1.63. The van der Waals surface area contributed by atoms with Crippen molar-refractivity contribution in [1.29, 1.82) is 0 Å². The molecule has 0 fully saturated rings. The van der Waals surface area contributed by atoms with Gasteiger partial charge in [0, 0.05) is 16.8 Å². The third-order valence-electron chi connectivity index (χ3n) is 4.06. The molecule has 0 aliphatic heterocycles. The van der Waals surface area contributed by atoms with E-state index in [0.29, 0.717) is 12.1 Å². The van der Waals surface area contributed by atoms with Crippen LogP contribution < -0.4 is 16.2 Å². The molecular weight excluding hydrogens is 360 g/mol. The molecule has 0 saturated carbocycles. The molecule has 0 atom stereocenters. The summed E-state index contributed by atoms with van der Waals surface area (Å²) in [6, 6.07) is 12.8. The summed E-state index contributed by atoms with van der Waals surface area (Å²) < 4.78 is 0. The molecule has 7 heteroatoms. The Morgan fingerprint density at radius 3 is 2.67 bits per heavy atom. The summed E-state index contributed by atoms with van der Waals surface area (Å²) in [4.78, 5) is 31.3. The molecule has 6 nitrogen and oxygen atoms in total. The zero-order valence-electron chi connectivity index (χ0n) is 15.3. The van der Waals surface area contributed by atoms with E-state index in [9.17, 15) is 9.59 Å². The molecule has 1 aromatic carbocycles. The number of nitrogens with zero attached hydrogens (tertiary/aromatic N) is 1. The van der Waals surface area contributed by atoms with E-state index in [2.05, 4.69) is 21.2 Å². The summed E-state index contributed by atoms with van der Waals surface area (Å²) in [7, 11) is 0. The number of pyridine rings is 1. The van der Waals surface area contributed by atoms with Crippen molar-refractivity contribution in [2.75, 3.05) is 6.54 Å². The molecule has 3 amide bonds. The molecule has 0 unspecified atom stereocenters. The molecule has 0 saturated heterocycles. The number of thiophene rings is 1. The number of rotatable bonds is 5. The van der Waals surface area contributed by atoms with Gasteiger partial charge in [-0.1, -0.05) is 31.5 Å².